The van der Waals surface area contributed by atoms with Gasteiger partial charge in [-0.05, 0) is 54.7 Å². The zero-order valence-electron chi connectivity index (χ0n) is 25.5. The van der Waals surface area contributed by atoms with Crippen molar-refractivity contribution in [3.63, 3.8) is 0 Å². The van der Waals surface area contributed by atoms with Gasteiger partial charge in [0.1, 0.15) is 19.3 Å². The highest BCUT2D eigenvalue weighted by Crippen LogP contribution is 2.35. The molecule has 3 aromatic carbocycles. The molecule has 0 radical (unpaired) electrons. The van der Waals surface area contributed by atoms with E-state index in [4.69, 9.17) is 21.1 Å². The maximum Gasteiger partial charge on any atom is 0.243 e. The first-order chi connectivity index (χ1) is 21.7. The Morgan fingerprint density at radius 1 is 0.933 bits per heavy atom. The second kappa shape index (κ2) is 15.0. The van der Waals surface area contributed by atoms with Gasteiger partial charge >= 0.3 is 0 Å². The van der Waals surface area contributed by atoms with Crippen LogP contribution in [0.1, 0.15) is 49.7 Å². The summed E-state index contributed by atoms with van der Waals surface area (Å²) in [6.45, 7) is 1.10. The van der Waals surface area contributed by atoms with Crippen LogP contribution in [-0.2, 0) is 32.6 Å². The summed E-state index contributed by atoms with van der Waals surface area (Å²) in [5.41, 5.74) is 2.22. The number of sulfonamides is 1. The van der Waals surface area contributed by atoms with Gasteiger partial charge in [0.15, 0.2) is 11.5 Å². The smallest absolute Gasteiger partial charge is 0.243 e. The highest BCUT2D eigenvalue weighted by atomic mass is 35.5. The van der Waals surface area contributed by atoms with E-state index in [1.807, 2.05) is 42.5 Å². The summed E-state index contributed by atoms with van der Waals surface area (Å²) in [7, 11) is -3.66. The molecular weight excluding hydrogens is 614 g/mol. The quantitative estimate of drug-likeness (QED) is 0.267. The van der Waals surface area contributed by atoms with Gasteiger partial charge in [0.25, 0.3) is 0 Å². The van der Waals surface area contributed by atoms with Gasteiger partial charge in [0, 0.05) is 43.1 Å². The van der Waals surface area contributed by atoms with Gasteiger partial charge in [-0.3, -0.25) is 13.9 Å². The molecule has 0 unspecified atom stereocenters. The number of anilines is 1. The van der Waals surface area contributed by atoms with Crippen molar-refractivity contribution < 1.29 is 27.5 Å². The topological polar surface area (TPSA) is 105 Å². The monoisotopic (exact) mass is 653 g/mol. The average Bonchev–Trinajstić information content (AvgIpc) is 3.54. The number of carbonyl (C=O) groups is 2. The van der Waals surface area contributed by atoms with Gasteiger partial charge in [0.2, 0.25) is 21.8 Å². The Balaban J connectivity index is 1.37. The number of hydrogen-bond acceptors (Lipinski definition) is 6. The lowest BCUT2D eigenvalue weighted by Gasteiger charge is -2.33. The molecule has 2 amide bonds. The highest BCUT2D eigenvalue weighted by Gasteiger charge is 2.32. The molecule has 45 heavy (non-hydrogen) atoms. The summed E-state index contributed by atoms with van der Waals surface area (Å²) in [5.74, 6) is 0.631. The van der Waals surface area contributed by atoms with E-state index in [9.17, 15) is 18.0 Å². The molecule has 3 aromatic rings. The molecule has 1 aliphatic carbocycles. The third kappa shape index (κ3) is 8.92. The molecule has 0 bridgehead atoms. The van der Waals surface area contributed by atoms with E-state index in [0.717, 1.165) is 43.1 Å². The molecule has 5 rings (SSSR count). The summed E-state index contributed by atoms with van der Waals surface area (Å²) < 4.78 is 38.2. The average molecular weight is 654 g/mol. The van der Waals surface area contributed by atoms with E-state index in [-0.39, 0.29) is 43.8 Å². The molecule has 1 saturated carbocycles. The van der Waals surface area contributed by atoms with Gasteiger partial charge < -0.3 is 19.7 Å². The van der Waals surface area contributed by atoms with Gasteiger partial charge in [0.05, 0.1) is 11.9 Å². The number of benzene rings is 3. The number of halogens is 1. The van der Waals surface area contributed by atoms with Gasteiger partial charge in [-0.1, -0.05) is 66.9 Å². The number of carbonyl (C=O) groups excluding carboxylic acids is 2. The van der Waals surface area contributed by atoms with Crippen LogP contribution in [0.2, 0.25) is 5.02 Å². The third-order valence-electron chi connectivity index (χ3n) is 8.20. The van der Waals surface area contributed by atoms with Crippen LogP contribution in [0.4, 0.5) is 5.69 Å². The molecular formula is C34H40ClN3O6S. The fraction of sp³-hybridized carbons (Fsp3) is 0.412. The van der Waals surface area contributed by atoms with Crippen LogP contribution in [0, 0.1) is 0 Å². The zero-order chi connectivity index (χ0) is 31.8. The normalized spacial score (nSPS) is 15.3. The molecule has 1 atom stereocenters. The minimum atomic E-state index is -3.66. The van der Waals surface area contributed by atoms with Crippen LogP contribution in [0.3, 0.4) is 0 Å². The number of nitrogens with one attached hydrogen (secondary N) is 1. The number of rotatable bonds is 13. The molecule has 1 heterocycles. The number of nitrogens with zero attached hydrogens (tertiary/aromatic N) is 2. The lowest BCUT2D eigenvalue weighted by atomic mass is 10.0. The summed E-state index contributed by atoms with van der Waals surface area (Å²) in [6.07, 6.45) is 5.79. The van der Waals surface area contributed by atoms with E-state index in [2.05, 4.69) is 5.32 Å². The molecule has 1 fully saturated rings. The third-order valence-corrected chi connectivity index (χ3v) is 9.65. The van der Waals surface area contributed by atoms with E-state index in [0.29, 0.717) is 41.8 Å². The van der Waals surface area contributed by atoms with Crippen molar-refractivity contribution in [1.29, 1.82) is 0 Å². The van der Waals surface area contributed by atoms with Gasteiger partial charge in [-0.2, -0.15) is 0 Å². The van der Waals surface area contributed by atoms with Gasteiger partial charge in [-0.15, -0.1) is 0 Å². The lowest BCUT2D eigenvalue weighted by molar-refractivity contribution is -0.141. The molecule has 0 spiro atoms. The predicted octanol–water partition coefficient (Wildman–Crippen LogP) is 5.36. The predicted molar refractivity (Wildman–Crippen MR) is 175 cm³/mol. The van der Waals surface area contributed by atoms with E-state index >= 15 is 0 Å². The molecule has 2 aliphatic rings. The molecule has 11 heteroatoms. The standard InChI is InChI=1S/C34H40ClN3O6S/c1-45(41,42)38(29-17-18-31-32(23-29)44-21-20-43-31)19-7-12-33(39)37(24-26-13-15-27(35)16-14-26)30(22-25-8-3-2-4-9-25)34(40)36-28-10-5-6-11-28/h2-4,8-9,13-18,23,28,30H,5-7,10-12,19-22,24H2,1H3,(H,36,40)/t30-/m0/s1. The minimum Gasteiger partial charge on any atom is -0.486 e. The Hall–Kier alpha value is -3.76. The Morgan fingerprint density at radius 3 is 2.31 bits per heavy atom. The number of ether oxygens (including phenoxy) is 2. The van der Waals surface area contributed by atoms with Crippen molar-refractivity contribution in [2.45, 2.75) is 63.6 Å². The molecule has 0 saturated heterocycles. The van der Waals surface area contributed by atoms with E-state index in [1.165, 1.54) is 4.31 Å². The Morgan fingerprint density at radius 2 is 1.62 bits per heavy atom. The van der Waals surface area contributed by atoms with E-state index in [1.54, 1.807) is 35.2 Å². The van der Waals surface area contributed by atoms with Gasteiger partial charge in [-0.25, -0.2) is 8.42 Å². The lowest BCUT2D eigenvalue weighted by Crippen LogP contribution is -2.52. The first kappa shape index (κ1) is 32.6. The molecule has 1 N–H and O–H groups in total. The number of amides is 2. The Kier molecular flexibility index (Phi) is 10.9. The second-order valence-electron chi connectivity index (χ2n) is 11.6. The highest BCUT2D eigenvalue weighted by molar-refractivity contribution is 7.92. The maximum absolute atomic E-state index is 14.1. The summed E-state index contributed by atoms with van der Waals surface area (Å²) >= 11 is 6.14. The van der Waals surface area contributed by atoms with Crippen molar-refractivity contribution in [2.24, 2.45) is 0 Å². The molecule has 240 valence electrons. The SMILES string of the molecule is CS(=O)(=O)N(CCCC(=O)N(Cc1ccc(Cl)cc1)[C@@H](Cc1ccccc1)C(=O)NC1CCCC1)c1ccc2c(c1)OCCO2. The van der Waals surface area contributed by atoms with Crippen LogP contribution in [0.15, 0.2) is 72.8 Å². The van der Waals surface area contributed by atoms with Crippen LogP contribution in [0.25, 0.3) is 0 Å². The van der Waals surface area contributed by atoms with Crippen LogP contribution in [0.5, 0.6) is 11.5 Å². The largest absolute Gasteiger partial charge is 0.486 e. The minimum absolute atomic E-state index is 0.0478. The maximum atomic E-state index is 14.1. The first-order valence-electron chi connectivity index (χ1n) is 15.4. The first-order valence-corrected chi connectivity index (χ1v) is 17.7. The number of hydrogen-bond donors (Lipinski definition) is 1. The Bertz CT molecular complexity index is 1560. The summed E-state index contributed by atoms with van der Waals surface area (Å²) in [6, 6.07) is 21.3. The second-order valence-corrected chi connectivity index (χ2v) is 14.0. The Labute approximate surface area is 270 Å². The molecule has 9 nitrogen and oxygen atoms in total. The van der Waals surface area contributed by atoms with Crippen LogP contribution in [-0.4, -0.2) is 63.2 Å². The van der Waals surface area contributed by atoms with Crippen LogP contribution < -0.4 is 19.1 Å². The van der Waals surface area contributed by atoms with Crippen molar-refractivity contribution in [1.82, 2.24) is 10.2 Å². The summed E-state index contributed by atoms with van der Waals surface area (Å²) in [5, 5.41) is 3.79. The van der Waals surface area contributed by atoms with E-state index < -0.39 is 16.1 Å². The molecule has 0 aromatic heterocycles. The summed E-state index contributed by atoms with van der Waals surface area (Å²) in [4.78, 5) is 29.6. The van der Waals surface area contributed by atoms with Crippen molar-refractivity contribution in [3.8, 4) is 11.5 Å². The van der Waals surface area contributed by atoms with Crippen LogP contribution >= 0.6 is 11.6 Å². The van der Waals surface area contributed by atoms with Crippen molar-refractivity contribution in [3.05, 3.63) is 88.9 Å². The fourth-order valence-corrected chi connectivity index (χ4v) is 6.98. The fourth-order valence-electron chi connectivity index (χ4n) is 5.90. The zero-order valence-corrected chi connectivity index (χ0v) is 27.1. The van der Waals surface area contributed by atoms with Crippen molar-refractivity contribution in [2.75, 3.05) is 30.3 Å². The van der Waals surface area contributed by atoms with Crippen molar-refractivity contribution >= 4 is 39.1 Å². The molecule has 1 aliphatic heterocycles. The number of fused-ring (bicyclic) bond motifs is 1.